The number of anilines is 2. The van der Waals surface area contributed by atoms with Crippen molar-refractivity contribution in [1.82, 2.24) is 4.98 Å². The second kappa shape index (κ2) is 11.0. The van der Waals surface area contributed by atoms with E-state index in [2.05, 4.69) is 38.1 Å². The van der Waals surface area contributed by atoms with E-state index in [0.717, 1.165) is 11.0 Å². The fourth-order valence-corrected chi connectivity index (χ4v) is 1.17. The average molecular weight is 373 g/mol. The lowest BCUT2D eigenvalue weighted by Crippen LogP contribution is -1.95. The Kier molecular flexibility index (Phi) is 10.2. The number of azo groups is 1. The van der Waals surface area contributed by atoms with Crippen LogP contribution in [0.4, 0.5) is 23.0 Å². The number of nitrogens with two attached hydrogens (primary N) is 2. The van der Waals surface area contributed by atoms with Crippen molar-refractivity contribution in [2.24, 2.45) is 10.2 Å². The molecule has 21 heavy (non-hydrogen) atoms. The molecule has 0 atom stereocenters. The zero-order valence-corrected chi connectivity index (χ0v) is 14.1. The monoisotopic (exact) mass is 371 g/mol. The summed E-state index contributed by atoms with van der Waals surface area (Å²) in [5.74, 6) is 0.649. The average Bonchev–Trinajstić information content (AvgIpc) is 2.48. The summed E-state index contributed by atoms with van der Waals surface area (Å²) >= 11 is 3.25. The van der Waals surface area contributed by atoms with Crippen molar-refractivity contribution in [3.05, 3.63) is 42.5 Å². The number of pyridine rings is 1. The molecule has 0 unspecified atom stereocenters. The van der Waals surface area contributed by atoms with Gasteiger partial charge in [0.25, 0.3) is 0 Å². The highest BCUT2D eigenvalue weighted by Gasteiger charge is 1.98. The number of nitrogen functional groups attached to an aromatic ring is 2. The molecule has 5 nitrogen and oxygen atoms in total. The second-order valence-corrected chi connectivity index (χ2v) is 4.66. The minimum Gasteiger partial charge on any atom is -0.384 e. The molecule has 0 aliphatic heterocycles. The number of benzene rings is 1. The molecule has 0 spiro atoms. The number of aromatic nitrogens is 1. The van der Waals surface area contributed by atoms with E-state index in [-0.39, 0.29) is 18.2 Å². The molecule has 0 bridgehead atoms. The van der Waals surface area contributed by atoms with Crippen LogP contribution in [0.15, 0.2) is 52.7 Å². The molecule has 0 fully saturated rings. The molecule has 0 amide bonds. The molecule has 7 heteroatoms. The molecule has 1 aromatic heterocycles. The van der Waals surface area contributed by atoms with Gasteiger partial charge in [-0.3, -0.25) is 0 Å². The van der Waals surface area contributed by atoms with E-state index in [4.69, 9.17) is 11.5 Å². The molecule has 4 N–H and O–H groups in total. The van der Waals surface area contributed by atoms with Gasteiger partial charge in [-0.1, -0.05) is 41.1 Å². The fourth-order valence-electron chi connectivity index (χ4n) is 1.17. The van der Waals surface area contributed by atoms with Gasteiger partial charge in [0.1, 0.15) is 11.5 Å². The van der Waals surface area contributed by atoms with Crippen LogP contribution in [0.25, 0.3) is 0 Å². The molecule has 1 heterocycles. The summed E-state index contributed by atoms with van der Waals surface area (Å²) in [6, 6.07) is 12.7. The molecule has 0 saturated carbocycles. The third-order valence-corrected chi connectivity index (χ3v) is 2.94. The summed E-state index contributed by atoms with van der Waals surface area (Å²) < 4.78 is 0. The summed E-state index contributed by atoms with van der Waals surface area (Å²) in [5.41, 5.74) is 12.4. The molecule has 0 saturated heterocycles. The Morgan fingerprint density at radius 1 is 1.05 bits per heavy atom. The first-order chi connectivity index (χ1) is 9.67. The van der Waals surface area contributed by atoms with E-state index in [1.165, 1.54) is 6.42 Å². The Labute approximate surface area is 139 Å². The maximum absolute atomic E-state index is 5.64. The van der Waals surface area contributed by atoms with Gasteiger partial charge in [0.15, 0.2) is 5.82 Å². The van der Waals surface area contributed by atoms with Gasteiger partial charge >= 0.3 is 0 Å². The fraction of sp³-hybridized carbons (Fsp3) is 0.214. The molecule has 2 aromatic rings. The number of hydrogen-bond acceptors (Lipinski definition) is 5. The summed E-state index contributed by atoms with van der Waals surface area (Å²) in [4.78, 5) is 3.89. The Hall–Kier alpha value is -1.66. The highest BCUT2D eigenvalue weighted by molar-refractivity contribution is 9.09. The minimum atomic E-state index is 0. The van der Waals surface area contributed by atoms with E-state index < -0.39 is 0 Å². The quantitative estimate of drug-likeness (QED) is 0.594. The van der Waals surface area contributed by atoms with Crippen molar-refractivity contribution < 1.29 is 0 Å². The van der Waals surface area contributed by atoms with Gasteiger partial charge in [0.2, 0.25) is 0 Å². The first-order valence-corrected chi connectivity index (χ1v) is 7.34. The molecule has 0 aliphatic rings. The Morgan fingerprint density at radius 3 is 2.19 bits per heavy atom. The molecule has 0 radical (unpaired) electrons. The second-order valence-electron chi connectivity index (χ2n) is 3.87. The normalized spacial score (nSPS) is 9.62. The topological polar surface area (TPSA) is 89.6 Å². The van der Waals surface area contributed by atoms with Crippen LogP contribution in [-0.2, 0) is 0 Å². The van der Waals surface area contributed by atoms with Gasteiger partial charge in [-0.25, -0.2) is 4.98 Å². The van der Waals surface area contributed by atoms with E-state index in [9.17, 15) is 0 Å². The van der Waals surface area contributed by atoms with Gasteiger partial charge in [-0.2, -0.15) is 5.11 Å². The van der Waals surface area contributed by atoms with E-state index >= 15 is 0 Å². The number of hydrogen-bond donors (Lipinski definition) is 2. The lowest BCUT2D eigenvalue weighted by atomic mass is 10.3. The predicted octanol–water partition coefficient (Wildman–Crippen LogP) is 4.87. The molecule has 1 aromatic carbocycles. The highest BCUT2D eigenvalue weighted by Crippen LogP contribution is 2.23. The van der Waals surface area contributed by atoms with Gasteiger partial charge in [0.05, 0.1) is 5.69 Å². The maximum atomic E-state index is 5.64. The minimum absolute atomic E-state index is 0. The van der Waals surface area contributed by atoms with E-state index in [0.29, 0.717) is 11.5 Å². The van der Waals surface area contributed by atoms with Gasteiger partial charge in [-0.15, -0.1) is 17.5 Å². The van der Waals surface area contributed by atoms with Crippen molar-refractivity contribution in [2.45, 2.75) is 13.3 Å². The predicted molar refractivity (Wildman–Crippen MR) is 95.0 cm³/mol. The third-order valence-electron chi connectivity index (χ3n) is 2.14. The van der Waals surface area contributed by atoms with Crippen LogP contribution in [0.1, 0.15) is 13.3 Å². The van der Waals surface area contributed by atoms with Crippen molar-refractivity contribution in [3.8, 4) is 0 Å². The first kappa shape index (κ1) is 19.3. The largest absolute Gasteiger partial charge is 0.384 e. The van der Waals surface area contributed by atoms with Gasteiger partial charge in [0, 0.05) is 5.33 Å². The Balaban J connectivity index is 0.000000715. The zero-order chi connectivity index (χ0) is 14.8. The smallest absolute Gasteiger partial charge is 0.153 e. The third kappa shape index (κ3) is 7.63. The standard InChI is InChI=1S/C11H11N5.C3H7Br.ClH/c12-10-7-6-9(11(13)14-10)16-15-8-4-2-1-3-5-8;1-2-3-4;/h1-7H,(H4,12,13,14);2-3H2,1H3;1H. The summed E-state index contributed by atoms with van der Waals surface area (Å²) in [5, 5.41) is 9.16. The summed E-state index contributed by atoms with van der Waals surface area (Å²) in [6.07, 6.45) is 1.24. The van der Waals surface area contributed by atoms with Gasteiger partial charge < -0.3 is 11.5 Å². The maximum Gasteiger partial charge on any atom is 0.153 e. The number of alkyl halides is 1. The van der Waals surface area contributed by atoms with E-state index in [1.54, 1.807) is 12.1 Å². The molecular formula is C14H19BrClN5. The number of rotatable bonds is 3. The zero-order valence-electron chi connectivity index (χ0n) is 11.7. The van der Waals surface area contributed by atoms with Crippen LogP contribution in [0.2, 0.25) is 0 Å². The summed E-state index contributed by atoms with van der Waals surface area (Å²) in [6.45, 7) is 2.13. The van der Waals surface area contributed by atoms with Gasteiger partial charge in [-0.05, 0) is 30.7 Å². The molecule has 0 aliphatic carbocycles. The lowest BCUT2D eigenvalue weighted by Gasteiger charge is -1.98. The lowest BCUT2D eigenvalue weighted by molar-refractivity contribution is 1.12. The van der Waals surface area contributed by atoms with Crippen LogP contribution < -0.4 is 11.5 Å². The van der Waals surface area contributed by atoms with E-state index in [1.807, 2.05) is 30.3 Å². The van der Waals surface area contributed by atoms with Crippen LogP contribution in [0.3, 0.4) is 0 Å². The van der Waals surface area contributed by atoms with Crippen molar-refractivity contribution in [3.63, 3.8) is 0 Å². The van der Waals surface area contributed by atoms with Crippen LogP contribution in [0.5, 0.6) is 0 Å². The highest BCUT2D eigenvalue weighted by atomic mass is 79.9. The first-order valence-electron chi connectivity index (χ1n) is 6.22. The van der Waals surface area contributed by atoms with Crippen molar-refractivity contribution in [1.29, 1.82) is 0 Å². The SMILES string of the molecule is CCCBr.Cl.Nc1ccc(N=Nc2ccccc2)c(N)n1. The van der Waals surface area contributed by atoms with Crippen molar-refractivity contribution in [2.75, 3.05) is 16.8 Å². The Bertz CT molecular complexity index is 546. The summed E-state index contributed by atoms with van der Waals surface area (Å²) in [7, 11) is 0. The van der Waals surface area contributed by atoms with Crippen LogP contribution in [-0.4, -0.2) is 10.3 Å². The Morgan fingerprint density at radius 2 is 1.67 bits per heavy atom. The van der Waals surface area contributed by atoms with Crippen LogP contribution >= 0.6 is 28.3 Å². The number of nitrogens with zero attached hydrogens (tertiary/aromatic N) is 3. The van der Waals surface area contributed by atoms with Crippen LogP contribution in [0, 0.1) is 0 Å². The molecular weight excluding hydrogens is 354 g/mol. The molecule has 2 rings (SSSR count). The van der Waals surface area contributed by atoms with Crippen molar-refractivity contribution >= 4 is 51.3 Å². The number of halogens is 2. The molecule has 114 valence electrons.